The standard InChI is InChI=1S/C51H75BO4/c1-35(2)15-13-16-36(3)44-27-28-45-43-26-25-41-33-42(29-31-50(41,8)46(43)30-32-51(44,45)9)54-47(53)39-23-21-37(22-24-39)17-14-20-40(38-18-11-10-12-19-38)34-52-55-48(4,5)49(6,7)56-52/h10-12,18-19,21-25,35-36,40,42-46H,13-17,20,26-34H2,1-9H3. The molecule has 5 aliphatic rings. The van der Waals surface area contributed by atoms with Crippen molar-refractivity contribution in [2.45, 2.75) is 182 Å². The fourth-order valence-corrected chi connectivity index (χ4v) is 12.8. The van der Waals surface area contributed by atoms with Gasteiger partial charge in [-0.1, -0.05) is 108 Å². The van der Waals surface area contributed by atoms with E-state index in [1.165, 1.54) is 62.5 Å². The SMILES string of the molecule is CC(C)CCCC(C)C1CCC2C3CC=C4CC(OC(=O)c5ccc(CCCC(CB6OC(C)(C)C(C)(C)O6)c6ccccc6)cc5)CCC4(C)C3CCC12C. The minimum Gasteiger partial charge on any atom is -0.458 e. The Morgan fingerprint density at radius 1 is 0.804 bits per heavy atom. The number of aryl methyl sites for hydroxylation is 1. The summed E-state index contributed by atoms with van der Waals surface area (Å²) in [4.78, 5) is 13.5. The van der Waals surface area contributed by atoms with Crippen LogP contribution in [0.4, 0.5) is 0 Å². The Hall–Kier alpha value is -2.37. The van der Waals surface area contributed by atoms with E-state index in [2.05, 4.69) is 111 Å². The molecule has 9 unspecified atom stereocenters. The molecule has 2 aromatic rings. The second kappa shape index (κ2) is 16.7. The number of benzene rings is 2. The monoisotopic (exact) mass is 763 g/mol. The van der Waals surface area contributed by atoms with Gasteiger partial charge in [0.25, 0.3) is 0 Å². The van der Waals surface area contributed by atoms with Gasteiger partial charge in [-0.25, -0.2) is 4.79 Å². The van der Waals surface area contributed by atoms with Crippen molar-refractivity contribution in [1.82, 2.24) is 0 Å². The molecule has 0 spiro atoms. The van der Waals surface area contributed by atoms with E-state index in [1.54, 1.807) is 5.57 Å². The lowest BCUT2D eigenvalue weighted by molar-refractivity contribution is -0.0594. The minimum atomic E-state index is -0.320. The Kier molecular flexibility index (Phi) is 12.5. The zero-order valence-electron chi connectivity index (χ0n) is 36.7. The topological polar surface area (TPSA) is 44.8 Å². The summed E-state index contributed by atoms with van der Waals surface area (Å²) in [6, 6.07) is 19.0. The van der Waals surface area contributed by atoms with E-state index in [-0.39, 0.29) is 35.8 Å². The van der Waals surface area contributed by atoms with Crippen LogP contribution < -0.4 is 0 Å². The van der Waals surface area contributed by atoms with Gasteiger partial charge in [0.1, 0.15) is 6.10 Å². The predicted octanol–water partition coefficient (Wildman–Crippen LogP) is 13.5. The third kappa shape index (κ3) is 8.52. The number of allylic oxidation sites excluding steroid dienone is 1. The van der Waals surface area contributed by atoms with Gasteiger partial charge in [-0.15, -0.1) is 0 Å². The van der Waals surface area contributed by atoms with Gasteiger partial charge in [-0.3, -0.25) is 0 Å². The highest BCUT2D eigenvalue weighted by Gasteiger charge is 2.59. The van der Waals surface area contributed by atoms with Crippen LogP contribution in [0.2, 0.25) is 6.32 Å². The molecule has 0 radical (unpaired) electrons. The molecule has 0 amide bonds. The maximum atomic E-state index is 13.5. The van der Waals surface area contributed by atoms with Crippen LogP contribution in [-0.4, -0.2) is 30.4 Å². The first-order chi connectivity index (χ1) is 26.6. The molecule has 3 saturated carbocycles. The molecule has 0 N–H and O–H groups in total. The maximum absolute atomic E-state index is 13.5. The Balaban J connectivity index is 0.907. The van der Waals surface area contributed by atoms with E-state index in [4.69, 9.17) is 14.0 Å². The van der Waals surface area contributed by atoms with Gasteiger partial charge in [0.05, 0.1) is 16.8 Å². The van der Waals surface area contributed by atoms with Crippen LogP contribution in [0, 0.1) is 46.3 Å². The van der Waals surface area contributed by atoms with Gasteiger partial charge in [0, 0.05) is 6.42 Å². The molecular weight excluding hydrogens is 687 g/mol. The molecule has 5 heteroatoms. The van der Waals surface area contributed by atoms with Gasteiger partial charge in [0.2, 0.25) is 0 Å². The van der Waals surface area contributed by atoms with E-state index >= 15 is 0 Å². The summed E-state index contributed by atoms with van der Waals surface area (Å²) in [5.41, 5.74) is 5.00. The number of ether oxygens (including phenoxy) is 1. The molecule has 4 nitrogen and oxygen atoms in total. The number of rotatable bonds is 14. The van der Waals surface area contributed by atoms with Crippen molar-refractivity contribution in [3.05, 3.63) is 82.9 Å². The Morgan fingerprint density at radius 2 is 1.52 bits per heavy atom. The molecule has 0 aromatic heterocycles. The number of carbonyl (C=O) groups excluding carboxylic acids is 1. The van der Waals surface area contributed by atoms with Gasteiger partial charge >= 0.3 is 13.1 Å². The van der Waals surface area contributed by atoms with Crippen molar-refractivity contribution in [3.8, 4) is 0 Å². The van der Waals surface area contributed by atoms with E-state index in [0.717, 1.165) is 80.4 Å². The first-order valence-electron chi connectivity index (χ1n) is 23.0. The molecule has 7 rings (SSSR count). The molecule has 4 aliphatic carbocycles. The average Bonchev–Trinajstić information content (AvgIpc) is 3.62. The van der Waals surface area contributed by atoms with Crippen LogP contribution in [0.1, 0.15) is 173 Å². The van der Waals surface area contributed by atoms with E-state index in [0.29, 0.717) is 16.9 Å². The van der Waals surface area contributed by atoms with Crippen molar-refractivity contribution in [2.24, 2.45) is 46.3 Å². The van der Waals surface area contributed by atoms with E-state index in [1.807, 2.05) is 12.1 Å². The average molecular weight is 763 g/mol. The Bertz CT molecular complexity index is 1650. The molecule has 56 heavy (non-hydrogen) atoms. The van der Waals surface area contributed by atoms with Crippen LogP contribution in [0.5, 0.6) is 0 Å². The number of hydrogen-bond donors (Lipinski definition) is 0. The van der Waals surface area contributed by atoms with Crippen molar-refractivity contribution in [1.29, 1.82) is 0 Å². The highest BCUT2D eigenvalue weighted by molar-refractivity contribution is 6.45. The normalized spacial score (nSPS) is 32.9. The summed E-state index contributed by atoms with van der Waals surface area (Å²) in [5.74, 6) is 5.24. The van der Waals surface area contributed by atoms with Crippen molar-refractivity contribution in [2.75, 3.05) is 0 Å². The zero-order valence-corrected chi connectivity index (χ0v) is 36.7. The van der Waals surface area contributed by atoms with Gasteiger partial charge < -0.3 is 14.0 Å². The first-order valence-corrected chi connectivity index (χ1v) is 23.0. The van der Waals surface area contributed by atoms with Crippen molar-refractivity contribution in [3.63, 3.8) is 0 Å². The third-order valence-electron chi connectivity index (χ3n) is 16.8. The zero-order chi connectivity index (χ0) is 39.9. The highest BCUT2D eigenvalue weighted by Crippen LogP contribution is 2.67. The largest absolute Gasteiger partial charge is 0.458 e. The lowest BCUT2D eigenvalue weighted by atomic mass is 9.47. The van der Waals surface area contributed by atoms with Gasteiger partial charge in [-0.2, -0.15) is 0 Å². The fourth-order valence-electron chi connectivity index (χ4n) is 12.8. The molecule has 1 saturated heterocycles. The van der Waals surface area contributed by atoms with Crippen LogP contribution >= 0.6 is 0 Å². The number of esters is 1. The maximum Gasteiger partial charge on any atom is 0.458 e. The number of carbonyl (C=O) groups is 1. The quantitative estimate of drug-likeness (QED) is 0.109. The molecule has 4 fully saturated rings. The van der Waals surface area contributed by atoms with E-state index < -0.39 is 0 Å². The van der Waals surface area contributed by atoms with Crippen LogP contribution in [0.3, 0.4) is 0 Å². The summed E-state index contributed by atoms with van der Waals surface area (Å²) in [5, 5.41) is 0. The van der Waals surface area contributed by atoms with Crippen molar-refractivity contribution >= 4 is 13.1 Å². The summed E-state index contributed by atoms with van der Waals surface area (Å²) < 4.78 is 19.1. The third-order valence-corrected chi connectivity index (χ3v) is 16.8. The van der Waals surface area contributed by atoms with Crippen LogP contribution in [0.25, 0.3) is 0 Å². The minimum absolute atomic E-state index is 0.0200. The van der Waals surface area contributed by atoms with Gasteiger partial charge in [0.15, 0.2) is 0 Å². The van der Waals surface area contributed by atoms with Crippen LogP contribution in [-0.2, 0) is 20.5 Å². The summed E-state index contributed by atoms with van der Waals surface area (Å²) in [6.07, 6.45) is 20.6. The molecule has 306 valence electrons. The summed E-state index contributed by atoms with van der Waals surface area (Å²) in [7, 11) is -0.207. The van der Waals surface area contributed by atoms with E-state index in [9.17, 15) is 4.79 Å². The number of hydrogen-bond acceptors (Lipinski definition) is 4. The fraction of sp³-hybridized carbons (Fsp3) is 0.706. The number of fused-ring (bicyclic) bond motifs is 5. The van der Waals surface area contributed by atoms with Crippen LogP contribution in [0.15, 0.2) is 66.2 Å². The molecular formula is C51H75BO4. The summed E-state index contributed by atoms with van der Waals surface area (Å²) >= 11 is 0. The molecule has 2 aromatic carbocycles. The van der Waals surface area contributed by atoms with Gasteiger partial charge in [-0.05, 0) is 174 Å². The Morgan fingerprint density at radius 3 is 2.21 bits per heavy atom. The second-order valence-electron chi connectivity index (χ2n) is 21.2. The lowest BCUT2D eigenvalue weighted by Gasteiger charge is -2.58. The highest BCUT2D eigenvalue weighted by atomic mass is 16.7. The smallest absolute Gasteiger partial charge is 0.458 e. The molecule has 0 bridgehead atoms. The summed E-state index contributed by atoms with van der Waals surface area (Å²) in [6.45, 7) is 21.1. The molecule has 1 heterocycles. The van der Waals surface area contributed by atoms with Crippen molar-refractivity contribution < 1.29 is 18.8 Å². The lowest BCUT2D eigenvalue weighted by Crippen LogP contribution is -2.51. The molecule has 1 aliphatic heterocycles. The second-order valence-corrected chi connectivity index (χ2v) is 21.2. The predicted molar refractivity (Wildman–Crippen MR) is 232 cm³/mol. The first kappa shape index (κ1) is 41.8. The Labute approximate surface area is 341 Å². The molecule has 9 atom stereocenters.